The van der Waals surface area contributed by atoms with Crippen molar-refractivity contribution in [1.29, 1.82) is 0 Å². The Morgan fingerprint density at radius 1 is 1.42 bits per heavy atom. The molecule has 2 fully saturated rings. The lowest BCUT2D eigenvalue weighted by Gasteiger charge is -2.04. The van der Waals surface area contributed by atoms with Crippen molar-refractivity contribution >= 4 is 62.6 Å². The largest absolute Gasteiger partial charge is 0.270 e. The fourth-order valence-electron chi connectivity index (χ4n) is 1.85. The predicted molar refractivity (Wildman–Crippen MR) is 64.9 cm³/mol. The average molecular weight is 412 g/mol. The van der Waals surface area contributed by atoms with Gasteiger partial charge in [-0.25, -0.2) is 0 Å². The van der Waals surface area contributed by atoms with Crippen LogP contribution in [0.3, 0.4) is 0 Å². The maximum absolute atomic E-state index is 11.4. The summed E-state index contributed by atoms with van der Waals surface area (Å²) in [4.78, 5) is 0. The van der Waals surface area contributed by atoms with Crippen molar-refractivity contribution < 1.29 is 12.6 Å². The summed E-state index contributed by atoms with van der Waals surface area (Å²) in [6, 6.07) is 0. The summed E-state index contributed by atoms with van der Waals surface area (Å²) in [5, 5.41) is -0.221. The van der Waals surface area contributed by atoms with E-state index in [4.69, 9.17) is 4.18 Å². The van der Waals surface area contributed by atoms with E-state index in [-0.39, 0.29) is 15.2 Å². The third-order valence-electron chi connectivity index (χ3n) is 2.43. The van der Waals surface area contributed by atoms with Gasteiger partial charge in [0.05, 0.1) is 5.25 Å². The molecular weight excluding hydrogens is 405 g/mol. The van der Waals surface area contributed by atoms with Gasteiger partial charge in [0, 0.05) is 0 Å². The molecule has 0 radical (unpaired) electrons. The van der Waals surface area contributed by atoms with Crippen molar-refractivity contribution in [2.75, 3.05) is 0 Å². The number of hydrogen-bond acceptors (Lipinski definition) is 3. The number of rotatable bonds is 0. The summed E-state index contributed by atoms with van der Waals surface area (Å²) in [5.41, 5.74) is 0. The fourth-order valence-corrected chi connectivity index (χ4v) is 6.97. The summed E-state index contributed by atoms with van der Waals surface area (Å²) in [6.07, 6.45) is 0.771. The number of halogens is 2. The molecule has 0 N–H and O–H groups in total. The van der Waals surface area contributed by atoms with Crippen molar-refractivity contribution in [2.45, 2.75) is 25.4 Å². The number of hydrogen-bond donors (Lipinski definition) is 0. The van der Waals surface area contributed by atoms with Crippen LogP contribution in [-0.4, -0.2) is 28.9 Å². The van der Waals surface area contributed by atoms with Crippen molar-refractivity contribution in [3.8, 4) is 0 Å². The standard InChI is InChI=1S/C5H7BI2O3S/c7-3-1-2-4(6-3)5(8)11-12(2,9)10/h2-6H,1H2. The highest BCUT2D eigenvalue weighted by molar-refractivity contribution is 14.1. The summed E-state index contributed by atoms with van der Waals surface area (Å²) >= 11 is 4.40. The van der Waals surface area contributed by atoms with Crippen LogP contribution in [0, 0.1) is 0 Å². The summed E-state index contributed by atoms with van der Waals surface area (Å²) in [7, 11) is -2.23. The van der Waals surface area contributed by atoms with Crippen molar-refractivity contribution in [3.63, 3.8) is 0 Å². The lowest BCUT2D eigenvalue weighted by molar-refractivity contribution is 0.337. The van der Waals surface area contributed by atoms with Gasteiger partial charge in [0.25, 0.3) is 10.1 Å². The van der Waals surface area contributed by atoms with Crippen LogP contribution in [0.2, 0.25) is 5.82 Å². The van der Waals surface area contributed by atoms with Gasteiger partial charge in [-0.05, 0) is 38.7 Å². The van der Waals surface area contributed by atoms with Gasteiger partial charge in [0.2, 0.25) is 0 Å². The van der Waals surface area contributed by atoms with E-state index in [2.05, 4.69) is 45.2 Å². The minimum Gasteiger partial charge on any atom is -0.256 e. The van der Waals surface area contributed by atoms with Gasteiger partial charge >= 0.3 is 0 Å². The summed E-state index contributed by atoms with van der Waals surface area (Å²) in [5.74, 6) is 0.234. The Balaban J connectivity index is 2.31. The summed E-state index contributed by atoms with van der Waals surface area (Å²) in [6.45, 7) is 0. The van der Waals surface area contributed by atoms with Gasteiger partial charge in [0.15, 0.2) is 0 Å². The Morgan fingerprint density at radius 2 is 2.08 bits per heavy atom. The Labute approximate surface area is 99.6 Å². The minimum atomic E-state index is -3.22. The molecule has 7 heteroatoms. The normalized spacial score (nSPS) is 50.2. The molecule has 0 saturated carbocycles. The van der Waals surface area contributed by atoms with E-state index >= 15 is 0 Å². The van der Waals surface area contributed by atoms with E-state index in [1.807, 2.05) is 0 Å². The fraction of sp³-hybridized carbons (Fsp3) is 1.00. The number of fused-ring (bicyclic) bond motifs is 1. The Bertz CT molecular complexity index is 293. The molecule has 0 amide bonds. The van der Waals surface area contributed by atoms with Gasteiger partial charge in [-0.15, -0.1) is 0 Å². The molecule has 12 heavy (non-hydrogen) atoms. The predicted octanol–water partition coefficient (Wildman–Crippen LogP) is 0.866. The molecular formula is C5H7BI2O3S. The number of alkyl halides is 2. The second kappa shape index (κ2) is 3.23. The van der Waals surface area contributed by atoms with E-state index in [1.165, 1.54) is 0 Å². The zero-order valence-corrected chi connectivity index (χ0v) is 11.2. The molecule has 4 unspecified atom stereocenters. The molecule has 0 bridgehead atoms. The van der Waals surface area contributed by atoms with Crippen LogP contribution in [0.15, 0.2) is 0 Å². The van der Waals surface area contributed by atoms with Gasteiger partial charge in [-0.1, -0.05) is 22.6 Å². The first-order chi connectivity index (χ1) is 5.50. The van der Waals surface area contributed by atoms with Crippen LogP contribution in [0.5, 0.6) is 0 Å². The molecule has 0 aromatic rings. The van der Waals surface area contributed by atoms with Gasteiger partial charge in [-0.3, -0.25) is 4.18 Å². The van der Waals surface area contributed by atoms with E-state index in [9.17, 15) is 8.42 Å². The average Bonchev–Trinajstić information content (AvgIpc) is 2.37. The quantitative estimate of drug-likeness (QED) is 0.257. The van der Waals surface area contributed by atoms with Gasteiger partial charge in [0.1, 0.15) is 11.4 Å². The second-order valence-corrected chi connectivity index (χ2v) is 7.98. The van der Waals surface area contributed by atoms with Gasteiger partial charge < -0.3 is 0 Å². The van der Waals surface area contributed by atoms with Crippen LogP contribution in [0.25, 0.3) is 0 Å². The third-order valence-corrected chi connectivity index (χ3v) is 6.73. The molecule has 2 aliphatic heterocycles. The first kappa shape index (κ1) is 9.97. The maximum Gasteiger partial charge on any atom is 0.270 e. The van der Waals surface area contributed by atoms with Crippen LogP contribution in [0.4, 0.5) is 0 Å². The van der Waals surface area contributed by atoms with Crippen molar-refractivity contribution in [3.05, 3.63) is 0 Å². The summed E-state index contributed by atoms with van der Waals surface area (Å²) < 4.78 is 28.0. The van der Waals surface area contributed by atoms with Crippen LogP contribution < -0.4 is 0 Å². The highest BCUT2D eigenvalue weighted by atomic mass is 127. The minimum absolute atomic E-state index is 0.127. The first-order valence-corrected chi connectivity index (χ1v) is 7.67. The molecule has 2 saturated heterocycles. The van der Waals surface area contributed by atoms with E-state index in [0.29, 0.717) is 3.82 Å². The van der Waals surface area contributed by atoms with Crippen LogP contribution in [0.1, 0.15) is 6.42 Å². The molecule has 4 atom stereocenters. The second-order valence-electron chi connectivity index (χ2n) is 3.21. The lowest BCUT2D eigenvalue weighted by Crippen LogP contribution is -2.14. The monoisotopic (exact) mass is 412 g/mol. The molecule has 0 aromatic carbocycles. The maximum atomic E-state index is 11.4. The zero-order chi connectivity index (χ0) is 8.93. The smallest absolute Gasteiger partial charge is 0.256 e. The molecule has 2 aliphatic rings. The lowest BCUT2D eigenvalue weighted by atomic mass is 9.68. The zero-order valence-electron chi connectivity index (χ0n) is 6.11. The van der Waals surface area contributed by atoms with Crippen molar-refractivity contribution in [2.24, 2.45) is 0 Å². The van der Waals surface area contributed by atoms with E-state index < -0.39 is 10.1 Å². The topological polar surface area (TPSA) is 43.4 Å². The van der Waals surface area contributed by atoms with Crippen molar-refractivity contribution in [1.82, 2.24) is 0 Å². The molecule has 2 heterocycles. The molecule has 68 valence electrons. The van der Waals surface area contributed by atoms with Gasteiger partial charge in [-0.2, -0.15) is 8.42 Å². The Morgan fingerprint density at radius 3 is 2.67 bits per heavy atom. The molecule has 0 aliphatic carbocycles. The van der Waals surface area contributed by atoms with E-state index in [1.54, 1.807) is 0 Å². The SMILES string of the molecule is O=S1(=O)OC(I)C2BC(I)CC21. The van der Waals surface area contributed by atoms with E-state index in [0.717, 1.165) is 13.7 Å². The van der Waals surface area contributed by atoms with Crippen LogP contribution in [-0.2, 0) is 14.3 Å². The van der Waals surface area contributed by atoms with Crippen LogP contribution >= 0.6 is 45.2 Å². The Hall–Kier alpha value is 1.43. The molecule has 3 nitrogen and oxygen atoms in total. The third kappa shape index (κ3) is 1.54. The molecule has 2 rings (SSSR count). The first-order valence-electron chi connectivity index (χ1n) is 3.71. The molecule has 0 aromatic heterocycles. The highest BCUT2D eigenvalue weighted by Gasteiger charge is 2.52. The highest BCUT2D eigenvalue weighted by Crippen LogP contribution is 2.46. The molecule has 0 spiro atoms. The Kier molecular flexibility index (Phi) is 2.68.